The number of amides is 2. The number of rotatable bonds is 43. The molecule has 0 radical (unpaired) electrons. The number of aliphatic hydroxyl groups is 3. The van der Waals surface area contributed by atoms with Crippen LogP contribution in [-0.4, -0.2) is 297 Å². The van der Waals surface area contributed by atoms with Gasteiger partial charge in [-0.2, -0.15) is 10.1 Å². The first-order valence-corrected chi connectivity index (χ1v) is 44.7. The predicted octanol–water partition coefficient (Wildman–Crippen LogP) is 8.45. The van der Waals surface area contributed by atoms with Gasteiger partial charge in [0, 0.05) is 90.7 Å². The van der Waals surface area contributed by atoms with Crippen LogP contribution in [0.2, 0.25) is 0 Å². The van der Waals surface area contributed by atoms with Gasteiger partial charge in [0.05, 0.1) is 160 Å². The summed E-state index contributed by atoms with van der Waals surface area (Å²) in [5.41, 5.74) is 17.7. The van der Waals surface area contributed by atoms with Crippen LogP contribution in [0.15, 0.2) is 87.9 Å². The molecule has 2 amide bonds. The molecule has 3 aliphatic heterocycles. The number of methoxy groups -OCH3 is 4. The number of ether oxygens (including phenoxy) is 14. The summed E-state index contributed by atoms with van der Waals surface area (Å²) >= 11 is 0. The molecular formula is C90H139N13O23. The van der Waals surface area contributed by atoms with Gasteiger partial charge in [0.15, 0.2) is 17.8 Å². The molecule has 4 aromatic heterocycles. The number of cyclic esters (lactones) is 1. The number of nitrogens with one attached hydrogen (secondary N) is 1. The standard InChI is InChI=1S/C90H139N13O23/c1-59-19-13-12-14-20-60(2)74(111-8)54-69-25-22-65(7)90(110,126-69)84(107)87(108)102-30-17-15-21-71(102)88(109)124-76(62(4)51-66-23-26-72(104)77(52-66)113-10)55-75(112-9)61(3)50-64(6)82(106)83(114-11)80(63(5)49-59)99-123-57-68-56-101(100-97-68)32-34-116-36-38-118-40-42-120-44-46-122-48-47-121-45-43-119-41-39-117-37-35-115-33-28-78(105)93-29-16-18-31-103-86-79(85(91)94-58-95-86)81(98-103)67-24-27-73-70(53-67)96-89(92)125-73/h12-14,19-20,24,27,50,53,56,58-59,61-63,65-66,69,71-72,74-77,82-83,104,106,110H,15-18,21-23,25-26,28-49,51-52,54-55,57H2,1-11H3,(H2,92,96)(H,93,105)(H2,91,94,95)/b14-12-,19-13-,60-20-,64-50-,99-80-/t59-,61-,62-,63-,65-,66+,69+,71+,72-,74+,75-,76+,77-,82-,83+,90-/m1/s1. The molecule has 9 rings (SSSR count). The number of fused-ring (bicyclic) bond motifs is 5. The largest absolute Gasteiger partial charge is 0.460 e. The van der Waals surface area contributed by atoms with E-state index in [1.165, 1.54) is 18.3 Å². The van der Waals surface area contributed by atoms with Crippen molar-refractivity contribution in [2.45, 2.75) is 225 Å². The SMILES string of the molecule is CO[C@H]1C[C@@H]2CC[C@@H](C)[C@@](O)(O2)C(=O)C(=O)N2CCCC[C@H]2C(=O)O[C@H]([C@H](C)C[C@@H]2CC[C@@H](O)[C@H](OC)C2)C[C@@H](OC)[C@H](C)/C=C(/C)[C@@H](O)[C@@H](OC)/C(=N\OCc2cn(CCOCCOCCOCCOCCOCCOCCOCCOCCC(=O)NCCCCn3nc(-c4ccc5oc(N)nc5c4)c4c(N)ncnc43)nn2)[C@H](C)C[C@H](C)\C=C/C=C\C=C/1C. The van der Waals surface area contributed by atoms with Crippen LogP contribution in [-0.2, 0) is 110 Å². The number of allylic oxidation sites excluding steroid dienone is 5. The van der Waals surface area contributed by atoms with Crippen LogP contribution in [0.4, 0.5) is 11.8 Å². The third kappa shape index (κ3) is 31.3. The van der Waals surface area contributed by atoms with Crippen molar-refractivity contribution in [1.82, 2.24) is 49.9 Å². The summed E-state index contributed by atoms with van der Waals surface area (Å²) in [5, 5.41) is 57.1. The summed E-state index contributed by atoms with van der Waals surface area (Å²) in [7, 11) is 6.32. The minimum absolute atomic E-state index is 0.0214. The lowest BCUT2D eigenvalue weighted by Gasteiger charge is -2.43. The first-order chi connectivity index (χ1) is 60.9. The highest BCUT2D eigenvalue weighted by molar-refractivity contribution is 6.39. The second-order valence-electron chi connectivity index (χ2n) is 33.3. The van der Waals surface area contributed by atoms with Crippen molar-refractivity contribution in [3.8, 4) is 11.3 Å². The molecule has 1 aromatic carbocycles. The van der Waals surface area contributed by atoms with E-state index < -0.39 is 78.1 Å². The molecule has 7 heterocycles. The molecule has 2 bridgehead atoms. The number of hydrogen-bond donors (Lipinski definition) is 6. The number of benzene rings is 1. The third-order valence-electron chi connectivity index (χ3n) is 23.8. The zero-order valence-electron chi connectivity index (χ0n) is 75.6. The summed E-state index contributed by atoms with van der Waals surface area (Å²) in [5.74, 6) is -6.40. The van der Waals surface area contributed by atoms with Crippen LogP contribution in [0.25, 0.3) is 33.4 Å². The Morgan fingerprint density at radius 1 is 0.730 bits per heavy atom. The van der Waals surface area contributed by atoms with Crippen LogP contribution in [0, 0.1) is 35.5 Å². The number of unbranched alkanes of at least 4 members (excludes halogenated alkanes) is 1. The van der Waals surface area contributed by atoms with Crippen LogP contribution in [0.3, 0.4) is 0 Å². The van der Waals surface area contributed by atoms with Gasteiger partial charge in [-0.05, 0) is 138 Å². The second-order valence-corrected chi connectivity index (χ2v) is 33.3. The Kier molecular flexibility index (Phi) is 43.3. The zero-order chi connectivity index (χ0) is 90.3. The Hall–Kier alpha value is -8.15. The number of oxime groups is 1. The molecule has 4 aliphatic rings. The predicted molar refractivity (Wildman–Crippen MR) is 469 cm³/mol. The molecule has 1 saturated carbocycles. The highest BCUT2D eigenvalue weighted by Crippen LogP contribution is 2.40. The topological polar surface area (TPSA) is 447 Å². The second kappa shape index (κ2) is 53.7. The Bertz CT molecular complexity index is 4270. The Morgan fingerprint density at radius 2 is 1.40 bits per heavy atom. The Balaban J connectivity index is 0.647. The minimum Gasteiger partial charge on any atom is -0.460 e. The number of hydrogen-bond acceptors (Lipinski definition) is 32. The lowest BCUT2D eigenvalue weighted by molar-refractivity contribution is -0.265. The zero-order valence-corrected chi connectivity index (χ0v) is 75.6. The fourth-order valence-electron chi connectivity index (χ4n) is 16.6. The molecule has 36 heteroatoms. The number of aryl methyl sites for hydroxylation is 1. The maximum absolute atomic E-state index is 14.9. The summed E-state index contributed by atoms with van der Waals surface area (Å²) in [6.45, 7) is 21.4. The lowest BCUT2D eigenvalue weighted by Crippen LogP contribution is -2.61. The molecule has 2 saturated heterocycles. The number of oxazole rings is 1. The molecule has 0 unspecified atom stereocenters. The molecule has 3 fully saturated rings. The van der Waals surface area contributed by atoms with Crippen molar-refractivity contribution in [3.05, 3.63) is 84.0 Å². The maximum Gasteiger partial charge on any atom is 0.329 e. The van der Waals surface area contributed by atoms with Gasteiger partial charge >= 0.3 is 5.97 Å². The van der Waals surface area contributed by atoms with E-state index in [1.54, 1.807) is 49.9 Å². The monoisotopic (exact) mass is 1770 g/mol. The number of nitrogen functional groups attached to an aromatic ring is 2. The Labute approximate surface area is 739 Å². The van der Waals surface area contributed by atoms with Crippen molar-refractivity contribution in [1.29, 1.82) is 0 Å². The number of carbonyl (C=O) groups is 4. The van der Waals surface area contributed by atoms with Crippen LogP contribution >= 0.6 is 0 Å². The van der Waals surface area contributed by atoms with Gasteiger partial charge in [-0.3, -0.25) is 14.4 Å². The van der Waals surface area contributed by atoms with Gasteiger partial charge < -0.3 is 113 Å². The molecule has 0 spiro atoms. The van der Waals surface area contributed by atoms with Gasteiger partial charge in [-0.25, -0.2) is 24.1 Å². The molecule has 36 nitrogen and oxygen atoms in total. The van der Waals surface area contributed by atoms with Crippen molar-refractivity contribution in [2.75, 3.05) is 159 Å². The maximum atomic E-state index is 14.9. The number of ketones is 1. The third-order valence-corrected chi connectivity index (χ3v) is 23.8. The van der Waals surface area contributed by atoms with E-state index in [0.717, 1.165) is 30.4 Å². The van der Waals surface area contributed by atoms with Crippen LogP contribution in [0.1, 0.15) is 150 Å². The summed E-state index contributed by atoms with van der Waals surface area (Å²) < 4.78 is 91.0. The number of piperidine rings is 1. The van der Waals surface area contributed by atoms with Crippen molar-refractivity contribution >= 4 is 63.2 Å². The fourth-order valence-corrected chi connectivity index (χ4v) is 16.6. The van der Waals surface area contributed by atoms with Crippen LogP contribution < -0.4 is 16.8 Å². The molecule has 1 aliphatic carbocycles. The highest BCUT2D eigenvalue weighted by Gasteiger charge is 2.53. The van der Waals surface area contributed by atoms with E-state index in [9.17, 15) is 34.5 Å². The normalized spacial score (nSPS) is 27.5. The molecule has 8 N–H and O–H groups in total. The number of aliphatic hydroxyl groups excluding tert-OH is 2. The number of aromatic nitrogens is 8. The first-order valence-electron chi connectivity index (χ1n) is 44.7. The van der Waals surface area contributed by atoms with E-state index in [2.05, 4.69) is 43.6 Å². The average Bonchev–Trinajstić information content (AvgIpc) is 1.72. The molecular weight excluding hydrogens is 1630 g/mol. The molecule has 702 valence electrons. The van der Waals surface area contributed by atoms with Crippen LogP contribution in [0.5, 0.6) is 0 Å². The summed E-state index contributed by atoms with van der Waals surface area (Å²) in [6, 6.07) is 4.47. The van der Waals surface area contributed by atoms with Gasteiger partial charge in [-0.1, -0.05) is 81.4 Å². The van der Waals surface area contributed by atoms with E-state index in [4.69, 9.17) is 97.3 Å². The van der Waals surface area contributed by atoms with Crippen molar-refractivity contribution in [3.63, 3.8) is 0 Å². The fraction of sp³-hybridized carbons (Fsp3) is 0.700. The number of nitrogens with zero attached hydrogens (tertiary/aromatic N) is 10. The van der Waals surface area contributed by atoms with Gasteiger partial charge in [-0.15, -0.1) is 5.10 Å². The first kappa shape index (κ1) is 102. The van der Waals surface area contributed by atoms with Gasteiger partial charge in [0.2, 0.25) is 11.7 Å². The quantitative estimate of drug-likeness (QED) is 0.00700. The molecule has 5 aromatic rings. The van der Waals surface area contributed by atoms with Crippen molar-refractivity contribution < 1.29 is 110 Å². The molecule has 16 atom stereocenters. The number of anilines is 2. The van der Waals surface area contributed by atoms with E-state index in [0.29, 0.717) is 227 Å². The summed E-state index contributed by atoms with van der Waals surface area (Å²) in [6.07, 6.45) is 17.3. The van der Waals surface area contributed by atoms with E-state index >= 15 is 0 Å². The average molecular weight is 1770 g/mol. The van der Waals surface area contributed by atoms with Crippen molar-refractivity contribution in [2.24, 2.45) is 40.7 Å². The van der Waals surface area contributed by atoms with E-state index in [1.807, 2.05) is 77.1 Å². The number of esters is 1. The Morgan fingerprint density at radius 3 is 2.07 bits per heavy atom. The lowest BCUT2D eigenvalue weighted by atomic mass is 9.78. The van der Waals surface area contributed by atoms with E-state index in [-0.39, 0.29) is 86.6 Å². The smallest absolute Gasteiger partial charge is 0.329 e. The minimum atomic E-state index is -2.44. The summed E-state index contributed by atoms with van der Waals surface area (Å²) in [4.78, 5) is 76.6. The van der Waals surface area contributed by atoms with Gasteiger partial charge in [0.25, 0.3) is 17.7 Å². The number of Topliss-reactive ketones (excluding diaryl/α,β-unsaturated/α-hetero) is 1. The highest BCUT2D eigenvalue weighted by atomic mass is 16.6. The number of carbonyl (C=O) groups excluding carboxylic acids is 4. The number of nitrogens with two attached hydrogens (primary N) is 2. The molecule has 126 heavy (non-hydrogen) atoms. The van der Waals surface area contributed by atoms with Gasteiger partial charge in [0.1, 0.15) is 53.4 Å².